The number of benzene rings is 2. The van der Waals surface area contributed by atoms with Crippen LogP contribution in [0.5, 0.6) is 0 Å². The molecule has 0 saturated carbocycles. The van der Waals surface area contributed by atoms with E-state index in [1.54, 1.807) is 17.0 Å². The molecule has 0 radical (unpaired) electrons. The molecule has 0 aromatic heterocycles. The first kappa shape index (κ1) is 28.4. The zero-order valence-electron chi connectivity index (χ0n) is 21.5. The number of nitrogens with one attached hydrogen (secondary N) is 1. The summed E-state index contributed by atoms with van der Waals surface area (Å²) in [5, 5.41) is 2.93. The van der Waals surface area contributed by atoms with E-state index in [-0.39, 0.29) is 30.8 Å². The molecule has 2 aromatic carbocycles. The van der Waals surface area contributed by atoms with E-state index in [2.05, 4.69) is 5.32 Å². The van der Waals surface area contributed by atoms with E-state index in [9.17, 15) is 18.0 Å². The van der Waals surface area contributed by atoms with Crippen molar-refractivity contribution in [2.24, 2.45) is 0 Å². The molecule has 2 aromatic rings. The Bertz CT molecular complexity index is 1070. The van der Waals surface area contributed by atoms with E-state index in [1.165, 1.54) is 10.6 Å². The highest BCUT2D eigenvalue weighted by atomic mass is 32.2. The van der Waals surface area contributed by atoms with Gasteiger partial charge < -0.3 is 10.2 Å². The van der Waals surface area contributed by atoms with E-state index in [4.69, 9.17) is 0 Å². The SMILES string of the molecule is CC[C@@H](C(=O)NC(C)C)N(CCc1ccccc1)C(=O)CCCN(c1ccccc1C)S(C)(=O)=O. The van der Waals surface area contributed by atoms with E-state index < -0.39 is 16.1 Å². The van der Waals surface area contributed by atoms with Gasteiger partial charge in [0.1, 0.15) is 6.04 Å². The summed E-state index contributed by atoms with van der Waals surface area (Å²) in [7, 11) is -3.51. The molecule has 8 heteroatoms. The first-order valence-electron chi connectivity index (χ1n) is 12.2. The van der Waals surface area contributed by atoms with Gasteiger partial charge in [0.2, 0.25) is 21.8 Å². The third-order valence-corrected chi connectivity index (χ3v) is 7.02. The minimum atomic E-state index is -3.51. The molecule has 0 aliphatic heterocycles. The fourth-order valence-electron chi connectivity index (χ4n) is 4.10. The number of para-hydroxylation sites is 1. The summed E-state index contributed by atoms with van der Waals surface area (Å²) in [6.07, 6.45) is 2.81. The summed E-state index contributed by atoms with van der Waals surface area (Å²) < 4.78 is 26.3. The highest BCUT2D eigenvalue weighted by Crippen LogP contribution is 2.23. The van der Waals surface area contributed by atoms with Crippen molar-refractivity contribution in [2.75, 3.05) is 23.7 Å². The monoisotopic (exact) mass is 501 g/mol. The number of amides is 2. The Hall–Kier alpha value is -2.87. The summed E-state index contributed by atoms with van der Waals surface area (Å²) >= 11 is 0. The van der Waals surface area contributed by atoms with Gasteiger partial charge in [-0.15, -0.1) is 0 Å². The Morgan fingerprint density at radius 3 is 2.17 bits per heavy atom. The maximum atomic E-state index is 13.4. The van der Waals surface area contributed by atoms with Crippen molar-refractivity contribution < 1.29 is 18.0 Å². The standard InChI is InChI=1S/C27H39N3O4S/c1-6-24(27(32)28-21(2)3)29(20-18-23-14-8-7-9-15-23)26(31)17-12-19-30(35(5,33)34)25-16-11-10-13-22(25)4/h7-11,13-16,21,24H,6,12,17-20H2,1-5H3,(H,28,32)/t24-/m0/s1. The molecule has 0 spiro atoms. The largest absolute Gasteiger partial charge is 0.352 e. The predicted molar refractivity (Wildman–Crippen MR) is 142 cm³/mol. The summed E-state index contributed by atoms with van der Waals surface area (Å²) in [5.41, 5.74) is 2.56. The van der Waals surface area contributed by atoms with Crippen molar-refractivity contribution >= 4 is 27.5 Å². The second-order valence-electron chi connectivity index (χ2n) is 9.14. The van der Waals surface area contributed by atoms with Crippen molar-refractivity contribution in [1.82, 2.24) is 10.2 Å². The van der Waals surface area contributed by atoms with Crippen LogP contribution >= 0.6 is 0 Å². The quantitative estimate of drug-likeness (QED) is 0.451. The second-order valence-corrected chi connectivity index (χ2v) is 11.0. The molecule has 0 saturated heterocycles. The molecule has 2 rings (SSSR count). The molecule has 0 aliphatic rings. The zero-order chi connectivity index (χ0) is 26.0. The summed E-state index contributed by atoms with van der Waals surface area (Å²) in [6.45, 7) is 8.16. The van der Waals surface area contributed by atoms with E-state index in [1.807, 2.05) is 70.2 Å². The van der Waals surface area contributed by atoms with Crippen molar-refractivity contribution in [3.05, 3.63) is 65.7 Å². The lowest BCUT2D eigenvalue weighted by molar-refractivity contribution is -0.141. The lowest BCUT2D eigenvalue weighted by Crippen LogP contribution is -2.51. The van der Waals surface area contributed by atoms with Crippen LogP contribution in [-0.4, -0.2) is 56.6 Å². The van der Waals surface area contributed by atoms with Crippen LogP contribution < -0.4 is 9.62 Å². The minimum absolute atomic E-state index is 0.0277. The number of nitrogens with zero attached hydrogens (tertiary/aromatic N) is 2. The van der Waals surface area contributed by atoms with Gasteiger partial charge in [-0.3, -0.25) is 13.9 Å². The Morgan fingerprint density at radius 1 is 0.971 bits per heavy atom. The smallest absolute Gasteiger partial charge is 0.242 e. The Balaban J connectivity index is 2.16. The van der Waals surface area contributed by atoms with Crippen LogP contribution in [0.2, 0.25) is 0 Å². The maximum Gasteiger partial charge on any atom is 0.242 e. The number of carbonyl (C=O) groups excluding carboxylic acids is 2. The predicted octanol–water partition coefficient (Wildman–Crippen LogP) is 3.92. The van der Waals surface area contributed by atoms with Gasteiger partial charge in [-0.2, -0.15) is 0 Å². The number of rotatable bonds is 13. The third-order valence-electron chi connectivity index (χ3n) is 5.84. The number of anilines is 1. The van der Waals surface area contributed by atoms with Gasteiger partial charge in [-0.05, 0) is 57.2 Å². The first-order chi connectivity index (χ1) is 16.5. The van der Waals surface area contributed by atoms with E-state index in [0.717, 1.165) is 11.1 Å². The van der Waals surface area contributed by atoms with Gasteiger partial charge in [0.15, 0.2) is 0 Å². The summed E-state index contributed by atoms with van der Waals surface area (Å²) in [5.74, 6) is -0.313. The van der Waals surface area contributed by atoms with Crippen molar-refractivity contribution in [3.63, 3.8) is 0 Å². The van der Waals surface area contributed by atoms with Gasteiger partial charge in [0, 0.05) is 25.6 Å². The Labute approximate surface area is 210 Å². The molecule has 35 heavy (non-hydrogen) atoms. The van der Waals surface area contributed by atoms with Crippen LogP contribution in [0.25, 0.3) is 0 Å². The molecule has 0 unspecified atom stereocenters. The number of hydrogen-bond donors (Lipinski definition) is 1. The minimum Gasteiger partial charge on any atom is -0.352 e. The Kier molecular flexibility index (Phi) is 10.8. The molecule has 1 atom stereocenters. The molecule has 0 fully saturated rings. The van der Waals surface area contributed by atoms with Gasteiger partial charge in [0.05, 0.1) is 11.9 Å². The van der Waals surface area contributed by atoms with Crippen LogP contribution in [0.4, 0.5) is 5.69 Å². The van der Waals surface area contributed by atoms with Crippen LogP contribution in [0.3, 0.4) is 0 Å². The average molecular weight is 502 g/mol. The fourth-order valence-corrected chi connectivity index (χ4v) is 5.13. The molecule has 7 nitrogen and oxygen atoms in total. The maximum absolute atomic E-state index is 13.4. The van der Waals surface area contributed by atoms with Gasteiger partial charge in [-0.1, -0.05) is 55.5 Å². The molecule has 1 N–H and O–H groups in total. The number of carbonyl (C=O) groups is 2. The van der Waals surface area contributed by atoms with E-state index >= 15 is 0 Å². The molecule has 0 heterocycles. The normalized spacial score (nSPS) is 12.3. The molecular formula is C27H39N3O4S. The highest BCUT2D eigenvalue weighted by molar-refractivity contribution is 7.92. The number of hydrogen-bond acceptors (Lipinski definition) is 4. The van der Waals surface area contributed by atoms with Crippen molar-refractivity contribution in [3.8, 4) is 0 Å². The molecule has 0 bridgehead atoms. The lowest BCUT2D eigenvalue weighted by atomic mass is 10.1. The average Bonchev–Trinajstić information content (AvgIpc) is 2.79. The summed E-state index contributed by atoms with van der Waals surface area (Å²) in [4.78, 5) is 27.9. The second kappa shape index (κ2) is 13.3. The van der Waals surface area contributed by atoms with Crippen LogP contribution in [0, 0.1) is 6.92 Å². The van der Waals surface area contributed by atoms with E-state index in [0.29, 0.717) is 31.5 Å². The zero-order valence-corrected chi connectivity index (χ0v) is 22.3. The lowest BCUT2D eigenvalue weighted by Gasteiger charge is -2.31. The fraction of sp³-hybridized carbons (Fsp3) is 0.481. The van der Waals surface area contributed by atoms with Crippen LogP contribution in [0.15, 0.2) is 54.6 Å². The van der Waals surface area contributed by atoms with Crippen molar-refractivity contribution in [2.45, 2.75) is 65.5 Å². The molecular weight excluding hydrogens is 462 g/mol. The summed E-state index contributed by atoms with van der Waals surface area (Å²) in [6, 6.07) is 16.6. The molecule has 0 aliphatic carbocycles. The van der Waals surface area contributed by atoms with Gasteiger partial charge in [-0.25, -0.2) is 8.42 Å². The number of aryl methyl sites for hydroxylation is 1. The van der Waals surface area contributed by atoms with Crippen molar-refractivity contribution in [1.29, 1.82) is 0 Å². The van der Waals surface area contributed by atoms with Gasteiger partial charge >= 0.3 is 0 Å². The number of sulfonamides is 1. The third kappa shape index (κ3) is 8.69. The Morgan fingerprint density at radius 2 is 1.60 bits per heavy atom. The van der Waals surface area contributed by atoms with Crippen LogP contribution in [-0.2, 0) is 26.0 Å². The topological polar surface area (TPSA) is 86.8 Å². The molecule has 2 amide bonds. The first-order valence-corrected chi connectivity index (χ1v) is 14.1. The highest BCUT2D eigenvalue weighted by Gasteiger charge is 2.29. The van der Waals surface area contributed by atoms with Gasteiger partial charge in [0.25, 0.3) is 0 Å². The van der Waals surface area contributed by atoms with Crippen LogP contribution in [0.1, 0.15) is 51.2 Å². The molecule has 192 valence electrons.